The van der Waals surface area contributed by atoms with Gasteiger partial charge in [-0.15, -0.1) is 0 Å². The number of hydrogen-bond acceptors (Lipinski definition) is 3. The van der Waals surface area contributed by atoms with Crippen molar-refractivity contribution in [2.24, 2.45) is 0 Å². The van der Waals surface area contributed by atoms with Gasteiger partial charge < -0.3 is 15.4 Å². The minimum absolute atomic E-state index is 0.0556. The molecule has 0 aliphatic carbocycles. The second-order valence-corrected chi connectivity index (χ2v) is 5.04. The molecule has 2 rings (SSSR count). The SMILES string of the molecule is Cc1cc(C(=O)N2CC(C)OC(C)C2)ccc1N. The molecule has 1 amide bonds. The van der Waals surface area contributed by atoms with Crippen LogP contribution in [0.1, 0.15) is 29.8 Å². The molecule has 1 aliphatic rings. The molecule has 1 aromatic rings. The Hall–Kier alpha value is -1.55. The average Bonchev–Trinajstić information content (AvgIpc) is 2.30. The molecule has 1 aromatic carbocycles. The van der Waals surface area contributed by atoms with Gasteiger partial charge in [0.1, 0.15) is 0 Å². The summed E-state index contributed by atoms with van der Waals surface area (Å²) in [7, 11) is 0. The zero-order valence-corrected chi connectivity index (χ0v) is 11.1. The second-order valence-electron chi connectivity index (χ2n) is 5.04. The summed E-state index contributed by atoms with van der Waals surface area (Å²) in [5.74, 6) is 0.0556. The van der Waals surface area contributed by atoms with E-state index in [0.717, 1.165) is 11.3 Å². The van der Waals surface area contributed by atoms with Gasteiger partial charge in [0.05, 0.1) is 12.2 Å². The van der Waals surface area contributed by atoms with Crippen LogP contribution in [0.5, 0.6) is 0 Å². The number of nitrogens with two attached hydrogens (primary N) is 1. The van der Waals surface area contributed by atoms with E-state index in [1.807, 2.05) is 31.7 Å². The smallest absolute Gasteiger partial charge is 0.254 e. The van der Waals surface area contributed by atoms with E-state index in [0.29, 0.717) is 18.7 Å². The van der Waals surface area contributed by atoms with Crippen LogP contribution in [0.4, 0.5) is 5.69 Å². The van der Waals surface area contributed by atoms with Crippen molar-refractivity contribution in [2.75, 3.05) is 18.8 Å². The number of nitrogens with zero attached hydrogens (tertiary/aromatic N) is 1. The molecule has 0 radical (unpaired) electrons. The van der Waals surface area contributed by atoms with Crippen LogP contribution in [-0.4, -0.2) is 36.1 Å². The van der Waals surface area contributed by atoms with Crippen LogP contribution in [0, 0.1) is 6.92 Å². The van der Waals surface area contributed by atoms with Gasteiger partial charge in [0.15, 0.2) is 0 Å². The molecule has 0 bridgehead atoms. The molecule has 4 nitrogen and oxygen atoms in total. The molecule has 2 N–H and O–H groups in total. The molecular formula is C14H20N2O2. The van der Waals surface area contributed by atoms with Gasteiger partial charge in [-0.3, -0.25) is 4.79 Å². The highest BCUT2D eigenvalue weighted by Crippen LogP contribution is 2.17. The van der Waals surface area contributed by atoms with E-state index in [1.165, 1.54) is 0 Å². The largest absolute Gasteiger partial charge is 0.399 e. The summed E-state index contributed by atoms with van der Waals surface area (Å²) < 4.78 is 5.63. The first-order valence-corrected chi connectivity index (χ1v) is 6.28. The summed E-state index contributed by atoms with van der Waals surface area (Å²) in [5, 5.41) is 0. The number of ether oxygens (including phenoxy) is 1. The minimum Gasteiger partial charge on any atom is -0.399 e. The molecule has 0 aromatic heterocycles. The maximum absolute atomic E-state index is 12.4. The third-order valence-electron chi connectivity index (χ3n) is 3.22. The Balaban J connectivity index is 2.17. The van der Waals surface area contributed by atoms with Crippen molar-refractivity contribution in [1.29, 1.82) is 0 Å². The molecule has 98 valence electrons. The lowest BCUT2D eigenvalue weighted by atomic mass is 10.1. The van der Waals surface area contributed by atoms with Gasteiger partial charge in [-0.2, -0.15) is 0 Å². The highest BCUT2D eigenvalue weighted by atomic mass is 16.5. The van der Waals surface area contributed by atoms with Crippen molar-refractivity contribution in [3.63, 3.8) is 0 Å². The van der Waals surface area contributed by atoms with Gasteiger partial charge >= 0.3 is 0 Å². The number of morpholine rings is 1. The second kappa shape index (κ2) is 4.98. The van der Waals surface area contributed by atoms with Gasteiger partial charge in [0.25, 0.3) is 5.91 Å². The zero-order valence-electron chi connectivity index (χ0n) is 11.1. The Morgan fingerprint density at radius 1 is 1.33 bits per heavy atom. The van der Waals surface area contributed by atoms with E-state index in [1.54, 1.807) is 12.1 Å². The van der Waals surface area contributed by atoms with Crippen molar-refractivity contribution < 1.29 is 9.53 Å². The highest BCUT2D eigenvalue weighted by Gasteiger charge is 2.26. The molecule has 1 fully saturated rings. The summed E-state index contributed by atoms with van der Waals surface area (Å²) in [4.78, 5) is 14.2. The molecule has 1 aliphatic heterocycles. The number of anilines is 1. The molecule has 18 heavy (non-hydrogen) atoms. The Bertz CT molecular complexity index is 449. The van der Waals surface area contributed by atoms with Gasteiger partial charge in [-0.05, 0) is 44.5 Å². The number of rotatable bonds is 1. The van der Waals surface area contributed by atoms with E-state index < -0.39 is 0 Å². The quantitative estimate of drug-likeness (QED) is 0.771. The van der Waals surface area contributed by atoms with E-state index in [-0.39, 0.29) is 18.1 Å². The third kappa shape index (κ3) is 2.64. The number of nitrogen functional groups attached to an aromatic ring is 1. The lowest BCUT2D eigenvalue weighted by Gasteiger charge is -2.35. The predicted octanol–water partition coefficient (Wildman–Crippen LogP) is 1.83. The van der Waals surface area contributed by atoms with Crippen LogP contribution in [0.2, 0.25) is 0 Å². The van der Waals surface area contributed by atoms with Crippen LogP contribution in [0.3, 0.4) is 0 Å². The van der Waals surface area contributed by atoms with Crippen LogP contribution in [-0.2, 0) is 4.74 Å². The van der Waals surface area contributed by atoms with Gasteiger partial charge in [-0.25, -0.2) is 0 Å². The van der Waals surface area contributed by atoms with Gasteiger partial charge in [0.2, 0.25) is 0 Å². The number of aryl methyl sites for hydroxylation is 1. The fourth-order valence-corrected chi connectivity index (χ4v) is 2.34. The van der Waals surface area contributed by atoms with Crippen molar-refractivity contribution >= 4 is 11.6 Å². The van der Waals surface area contributed by atoms with Gasteiger partial charge in [0, 0.05) is 24.3 Å². The fourth-order valence-electron chi connectivity index (χ4n) is 2.34. The van der Waals surface area contributed by atoms with Crippen LogP contribution < -0.4 is 5.73 Å². The van der Waals surface area contributed by atoms with Crippen LogP contribution in [0.15, 0.2) is 18.2 Å². The minimum atomic E-state index is 0.0556. The number of amides is 1. The van der Waals surface area contributed by atoms with E-state index >= 15 is 0 Å². The Morgan fingerprint density at radius 2 is 1.94 bits per heavy atom. The highest BCUT2D eigenvalue weighted by molar-refractivity contribution is 5.95. The summed E-state index contributed by atoms with van der Waals surface area (Å²) in [6.45, 7) is 7.18. The van der Waals surface area contributed by atoms with Crippen molar-refractivity contribution in [3.05, 3.63) is 29.3 Å². The lowest BCUT2D eigenvalue weighted by molar-refractivity contribution is -0.0586. The Kier molecular flexibility index (Phi) is 3.57. The fraction of sp³-hybridized carbons (Fsp3) is 0.500. The predicted molar refractivity (Wildman–Crippen MR) is 71.5 cm³/mol. The number of benzene rings is 1. The molecule has 0 spiro atoms. The van der Waals surface area contributed by atoms with Crippen LogP contribution in [0.25, 0.3) is 0 Å². The van der Waals surface area contributed by atoms with E-state index in [2.05, 4.69) is 0 Å². The summed E-state index contributed by atoms with van der Waals surface area (Å²) in [5.41, 5.74) is 8.12. The van der Waals surface area contributed by atoms with Gasteiger partial charge in [-0.1, -0.05) is 0 Å². The third-order valence-corrected chi connectivity index (χ3v) is 3.22. The maximum atomic E-state index is 12.4. The summed E-state index contributed by atoms with van der Waals surface area (Å²) in [6, 6.07) is 5.42. The number of hydrogen-bond donors (Lipinski definition) is 1. The molecule has 2 atom stereocenters. The maximum Gasteiger partial charge on any atom is 0.254 e. The topological polar surface area (TPSA) is 55.6 Å². The monoisotopic (exact) mass is 248 g/mol. The zero-order chi connectivity index (χ0) is 13.3. The van der Waals surface area contributed by atoms with Crippen LogP contribution >= 0.6 is 0 Å². The standard InChI is InChI=1S/C14H20N2O2/c1-9-6-12(4-5-13(9)15)14(17)16-7-10(2)18-11(3)8-16/h4-6,10-11H,7-8,15H2,1-3H3. The first-order chi connectivity index (χ1) is 8.47. The van der Waals surface area contributed by atoms with E-state index in [9.17, 15) is 4.79 Å². The van der Waals surface area contributed by atoms with Crippen molar-refractivity contribution in [3.8, 4) is 0 Å². The summed E-state index contributed by atoms with van der Waals surface area (Å²) >= 11 is 0. The average molecular weight is 248 g/mol. The summed E-state index contributed by atoms with van der Waals surface area (Å²) in [6.07, 6.45) is 0.181. The molecular weight excluding hydrogens is 228 g/mol. The number of carbonyl (C=O) groups excluding carboxylic acids is 1. The molecule has 1 heterocycles. The van der Waals surface area contributed by atoms with Crippen molar-refractivity contribution in [1.82, 2.24) is 4.90 Å². The Morgan fingerprint density at radius 3 is 2.50 bits per heavy atom. The molecule has 2 unspecified atom stereocenters. The first kappa shape index (κ1) is 12.9. The Labute approximate surface area is 108 Å². The number of carbonyl (C=O) groups is 1. The molecule has 0 saturated carbocycles. The first-order valence-electron chi connectivity index (χ1n) is 6.28. The molecule has 1 saturated heterocycles. The lowest BCUT2D eigenvalue weighted by Crippen LogP contribution is -2.48. The molecule has 4 heteroatoms. The van der Waals surface area contributed by atoms with E-state index in [4.69, 9.17) is 10.5 Å². The normalized spacial score (nSPS) is 24.1. The van der Waals surface area contributed by atoms with Crippen molar-refractivity contribution in [2.45, 2.75) is 33.0 Å².